The summed E-state index contributed by atoms with van der Waals surface area (Å²) in [6, 6.07) is 12.8. The molecule has 8 heteroatoms. The number of hydrogen-bond acceptors (Lipinski definition) is 5. The van der Waals surface area contributed by atoms with E-state index in [-0.39, 0.29) is 21.9 Å². The Hall–Kier alpha value is -2.74. The second-order valence-electron chi connectivity index (χ2n) is 6.48. The minimum absolute atomic E-state index is 0.0292. The average molecular weight is 406 g/mol. The van der Waals surface area contributed by atoms with Crippen molar-refractivity contribution in [3.63, 3.8) is 0 Å². The Labute approximate surface area is 166 Å². The van der Waals surface area contributed by atoms with Gasteiger partial charge in [0, 0.05) is 6.54 Å². The summed E-state index contributed by atoms with van der Waals surface area (Å²) in [5.41, 5.74) is 10.5. The van der Waals surface area contributed by atoms with Crippen LogP contribution in [0.25, 0.3) is 0 Å². The maximum absolute atomic E-state index is 12.8. The summed E-state index contributed by atoms with van der Waals surface area (Å²) in [6.07, 6.45) is 1.63. The smallest absolute Gasteiger partial charge is 0.206 e. The summed E-state index contributed by atoms with van der Waals surface area (Å²) >= 11 is 0. The molecule has 2 aromatic carbocycles. The highest BCUT2D eigenvalue weighted by Gasteiger charge is 2.17. The minimum atomic E-state index is -3.59. The highest BCUT2D eigenvalue weighted by atomic mass is 32.2. The molecule has 0 unspecified atom stereocenters. The quantitative estimate of drug-likeness (QED) is 0.357. The fourth-order valence-electron chi connectivity index (χ4n) is 2.43. The number of ether oxygens (including phenoxy) is 2. The molecule has 2 aromatic rings. The molecule has 0 radical (unpaired) electrons. The number of hydrogen-bond donors (Lipinski definition) is 2. The molecule has 0 aromatic heterocycles. The molecule has 0 fully saturated rings. The van der Waals surface area contributed by atoms with Crippen molar-refractivity contribution in [2.45, 2.75) is 42.6 Å². The summed E-state index contributed by atoms with van der Waals surface area (Å²) in [6.45, 7) is 4.89. The first-order chi connectivity index (χ1) is 13.3. The number of aliphatic imine (C=N–C) groups is 1. The Bertz CT molecular complexity index is 873. The predicted molar refractivity (Wildman–Crippen MR) is 110 cm³/mol. The number of sulfone groups is 1. The van der Waals surface area contributed by atoms with E-state index < -0.39 is 9.84 Å². The van der Waals surface area contributed by atoms with E-state index in [1.807, 2.05) is 13.8 Å². The van der Waals surface area contributed by atoms with Crippen molar-refractivity contribution in [3.05, 3.63) is 48.5 Å². The van der Waals surface area contributed by atoms with Crippen molar-refractivity contribution >= 4 is 15.8 Å². The highest BCUT2D eigenvalue weighted by molar-refractivity contribution is 7.91. The molecule has 0 aliphatic heterocycles. The van der Waals surface area contributed by atoms with Crippen LogP contribution in [0.2, 0.25) is 0 Å². The largest absolute Gasteiger partial charge is 0.494 e. The van der Waals surface area contributed by atoms with Crippen LogP contribution in [0.3, 0.4) is 0 Å². The van der Waals surface area contributed by atoms with E-state index in [2.05, 4.69) is 4.99 Å². The second kappa shape index (κ2) is 9.98. The molecule has 0 amide bonds. The predicted octanol–water partition coefficient (Wildman–Crippen LogP) is 2.74. The van der Waals surface area contributed by atoms with E-state index >= 15 is 0 Å². The molecule has 0 spiro atoms. The molecule has 7 nitrogen and oxygen atoms in total. The Morgan fingerprint density at radius 2 is 1.46 bits per heavy atom. The van der Waals surface area contributed by atoms with Gasteiger partial charge in [-0.2, -0.15) is 0 Å². The van der Waals surface area contributed by atoms with Crippen molar-refractivity contribution in [3.8, 4) is 11.5 Å². The van der Waals surface area contributed by atoms with Crippen LogP contribution in [0.5, 0.6) is 11.5 Å². The van der Waals surface area contributed by atoms with Gasteiger partial charge in [-0.15, -0.1) is 0 Å². The number of rotatable bonds is 10. The van der Waals surface area contributed by atoms with Crippen molar-refractivity contribution in [1.82, 2.24) is 0 Å². The molecule has 28 heavy (non-hydrogen) atoms. The zero-order chi connectivity index (χ0) is 20.6. The number of nitrogens with two attached hydrogens (primary N) is 2. The molecule has 152 valence electrons. The second-order valence-corrected chi connectivity index (χ2v) is 8.42. The van der Waals surface area contributed by atoms with E-state index in [1.54, 1.807) is 48.5 Å². The van der Waals surface area contributed by atoms with Crippen LogP contribution in [0.15, 0.2) is 63.3 Å². The van der Waals surface area contributed by atoms with Gasteiger partial charge >= 0.3 is 0 Å². The Balaban J connectivity index is 1.95. The first-order valence-electron chi connectivity index (χ1n) is 9.09. The van der Waals surface area contributed by atoms with Gasteiger partial charge in [-0.05, 0) is 75.2 Å². The fourth-order valence-corrected chi connectivity index (χ4v) is 3.69. The first-order valence-corrected chi connectivity index (χ1v) is 10.6. The summed E-state index contributed by atoms with van der Waals surface area (Å²) in [4.78, 5) is 4.33. The molecule has 0 aliphatic rings. The van der Waals surface area contributed by atoms with Gasteiger partial charge in [0.05, 0.1) is 22.5 Å². The van der Waals surface area contributed by atoms with Crippen LogP contribution in [0, 0.1) is 0 Å². The van der Waals surface area contributed by atoms with Crippen LogP contribution in [0.1, 0.15) is 26.7 Å². The van der Waals surface area contributed by atoms with Crippen LogP contribution >= 0.6 is 0 Å². The van der Waals surface area contributed by atoms with E-state index in [1.165, 1.54) is 0 Å². The zero-order valence-electron chi connectivity index (χ0n) is 16.2. The lowest BCUT2D eigenvalue weighted by atomic mass is 10.3. The van der Waals surface area contributed by atoms with Crippen LogP contribution in [-0.2, 0) is 9.84 Å². The molecule has 0 atom stereocenters. The van der Waals surface area contributed by atoms with Gasteiger partial charge in [-0.1, -0.05) is 0 Å². The lowest BCUT2D eigenvalue weighted by Gasteiger charge is -2.11. The van der Waals surface area contributed by atoms with E-state index in [9.17, 15) is 8.42 Å². The van der Waals surface area contributed by atoms with Gasteiger partial charge in [-0.3, -0.25) is 4.99 Å². The van der Waals surface area contributed by atoms with Crippen LogP contribution in [0.4, 0.5) is 0 Å². The lowest BCUT2D eigenvalue weighted by Crippen LogP contribution is -2.23. The third kappa shape index (κ3) is 6.45. The third-order valence-electron chi connectivity index (χ3n) is 3.76. The minimum Gasteiger partial charge on any atom is -0.494 e. The fraction of sp³-hybridized carbons (Fsp3) is 0.350. The van der Waals surface area contributed by atoms with Gasteiger partial charge in [0.1, 0.15) is 11.5 Å². The van der Waals surface area contributed by atoms with Gasteiger partial charge in [0.2, 0.25) is 9.84 Å². The van der Waals surface area contributed by atoms with E-state index in [0.717, 1.165) is 12.8 Å². The monoisotopic (exact) mass is 405 g/mol. The Kier molecular flexibility index (Phi) is 7.69. The van der Waals surface area contributed by atoms with Gasteiger partial charge < -0.3 is 20.9 Å². The van der Waals surface area contributed by atoms with Crippen molar-refractivity contribution < 1.29 is 17.9 Å². The summed E-state index contributed by atoms with van der Waals surface area (Å²) in [5, 5.41) is 0. The van der Waals surface area contributed by atoms with Gasteiger partial charge in [-0.25, -0.2) is 8.42 Å². The SMILES string of the molecule is CC(C)Oc1ccc(S(=O)(=O)c2ccc(OCCCCN=C(N)N)cc2)cc1. The summed E-state index contributed by atoms with van der Waals surface area (Å²) in [7, 11) is -3.59. The standard InChI is InChI=1S/C20H27N3O4S/c1-15(2)27-17-7-11-19(12-8-17)28(24,25)18-9-5-16(6-10-18)26-14-4-3-13-23-20(21)22/h5-12,15H,3-4,13-14H2,1-2H3,(H4,21,22,23). The average Bonchev–Trinajstić information content (AvgIpc) is 2.64. The molecule has 0 saturated heterocycles. The van der Waals surface area contributed by atoms with Crippen molar-refractivity contribution in [2.75, 3.05) is 13.2 Å². The Morgan fingerprint density at radius 1 is 0.929 bits per heavy atom. The normalized spacial score (nSPS) is 11.2. The molecule has 2 rings (SSSR count). The number of guanidine groups is 1. The molecule has 0 bridgehead atoms. The maximum Gasteiger partial charge on any atom is 0.206 e. The molecule has 4 N–H and O–H groups in total. The molecule has 0 heterocycles. The molecule has 0 saturated carbocycles. The highest BCUT2D eigenvalue weighted by Crippen LogP contribution is 2.25. The third-order valence-corrected chi connectivity index (χ3v) is 5.54. The zero-order valence-corrected chi connectivity index (χ0v) is 17.0. The summed E-state index contributed by atoms with van der Waals surface area (Å²) in [5.74, 6) is 1.33. The molecular formula is C20H27N3O4S. The number of benzene rings is 2. The Morgan fingerprint density at radius 3 is 1.96 bits per heavy atom. The van der Waals surface area contributed by atoms with Crippen molar-refractivity contribution in [1.29, 1.82) is 0 Å². The first kappa shape index (κ1) is 21.6. The molecule has 0 aliphatic carbocycles. The molecular weight excluding hydrogens is 378 g/mol. The number of unbranched alkanes of at least 4 members (excludes halogenated alkanes) is 1. The maximum atomic E-state index is 12.8. The lowest BCUT2D eigenvalue weighted by molar-refractivity contribution is 0.242. The van der Waals surface area contributed by atoms with Crippen LogP contribution < -0.4 is 20.9 Å². The van der Waals surface area contributed by atoms with Gasteiger partial charge in [0.25, 0.3) is 0 Å². The topological polar surface area (TPSA) is 117 Å². The van der Waals surface area contributed by atoms with Crippen molar-refractivity contribution in [2.24, 2.45) is 16.5 Å². The number of nitrogens with zero attached hydrogens (tertiary/aromatic N) is 1. The van der Waals surface area contributed by atoms with Gasteiger partial charge in [0.15, 0.2) is 5.96 Å². The van der Waals surface area contributed by atoms with E-state index in [4.69, 9.17) is 20.9 Å². The summed E-state index contributed by atoms with van der Waals surface area (Å²) < 4.78 is 36.7. The van der Waals surface area contributed by atoms with Crippen LogP contribution in [-0.4, -0.2) is 33.6 Å². The van der Waals surface area contributed by atoms with E-state index in [0.29, 0.717) is 24.7 Å².